The molecule has 3 rings (SSSR count). The first kappa shape index (κ1) is 17.8. The number of nitrogens with zero attached hydrogens (tertiary/aromatic N) is 1. The summed E-state index contributed by atoms with van der Waals surface area (Å²) < 4.78 is 0.752. The molecule has 1 amide bonds. The highest BCUT2D eigenvalue weighted by molar-refractivity contribution is 9.10. The molecule has 1 unspecified atom stereocenters. The van der Waals surface area contributed by atoms with Crippen molar-refractivity contribution in [1.29, 1.82) is 0 Å². The maximum atomic E-state index is 12.9. The molecular formula is C20H20BrNO3. The lowest BCUT2D eigenvalue weighted by atomic mass is 9.86. The van der Waals surface area contributed by atoms with Crippen molar-refractivity contribution in [3.05, 3.63) is 62.6 Å². The number of amides is 1. The summed E-state index contributed by atoms with van der Waals surface area (Å²) >= 11 is 3.37. The normalized spacial score (nSPS) is 19.3. The largest absolute Gasteiger partial charge is 0.375 e. The Morgan fingerprint density at radius 1 is 1.12 bits per heavy atom. The minimum atomic E-state index is -1.84. The Labute approximate surface area is 155 Å². The van der Waals surface area contributed by atoms with E-state index in [0.29, 0.717) is 16.8 Å². The van der Waals surface area contributed by atoms with Crippen LogP contribution in [0.2, 0.25) is 0 Å². The van der Waals surface area contributed by atoms with Crippen molar-refractivity contribution in [2.45, 2.75) is 32.8 Å². The molecule has 1 aliphatic rings. The van der Waals surface area contributed by atoms with E-state index in [1.807, 2.05) is 39.0 Å². The molecule has 1 N–H and O–H groups in total. The Morgan fingerprint density at radius 3 is 2.44 bits per heavy atom. The Kier molecular flexibility index (Phi) is 4.33. The number of aliphatic hydroxyl groups is 1. The van der Waals surface area contributed by atoms with E-state index in [-0.39, 0.29) is 12.2 Å². The lowest BCUT2D eigenvalue weighted by molar-refractivity contribution is -0.135. The van der Waals surface area contributed by atoms with Gasteiger partial charge < -0.3 is 10.0 Å². The van der Waals surface area contributed by atoms with Gasteiger partial charge in [-0.05, 0) is 61.7 Å². The van der Waals surface area contributed by atoms with Crippen LogP contribution in [0.1, 0.15) is 39.0 Å². The highest BCUT2D eigenvalue weighted by Gasteiger charge is 2.49. The number of carbonyl (C=O) groups excluding carboxylic acids is 2. The Balaban J connectivity index is 2.03. The van der Waals surface area contributed by atoms with Crippen LogP contribution in [0.3, 0.4) is 0 Å². The molecule has 1 aliphatic heterocycles. The van der Waals surface area contributed by atoms with Gasteiger partial charge in [-0.15, -0.1) is 0 Å². The topological polar surface area (TPSA) is 57.6 Å². The maximum absolute atomic E-state index is 12.9. The SMILES string of the molecule is Cc1cc(C)c(C(=O)CC2(O)C(=O)N(C)c3ccc(Br)cc32)cc1C. The third-order valence-electron chi connectivity index (χ3n) is 4.98. The number of benzene rings is 2. The number of carbonyl (C=O) groups is 2. The van der Waals surface area contributed by atoms with Gasteiger partial charge in [0.25, 0.3) is 5.91 Å². The zero-order chi connectivity index (χ0) is 18.5. The minimum absolute atomic E-state index is 0.238. The zero-order valence-electron chi connectivity index (χ0n) is 14.7. The minimum Gasteiger partial charge on any atom is -0.375 e. The van der Waals surface area contributed by atoms with Gasteiger partial charge in [0, 0.05) is 22.6 Å². The smallest absolute Gasteiger partial charge is 0.263 e. The summed E-state index contributed by atoms with van der Waals surface area (Å²) in [4.78, 5) is 27.0. The molecule has 4 nitrogen and oxygen atoms in total. The number of anilines is 1. The van der Waals surface area contributed by atoms with Gasteiger partial charge in [-0.2, -0.15) is 0 Å². The van der Waals surface area contributed by atoms with Crippen LogP contribution in [0.25, 0.3) is 0 Å². The number of aryl methyl sites for hydroxylation is 3. The fourth-order valence-electron chi connectivity index (χ4n) is 3.39. The molecule has 0 saturated carbocycles. The van der Waals surface area contributed by atoms with Crippen LogP contribution in [0.4, 0.5) is 5.69 Å². The first-order chi connectivity index (χ1) is 11.6. The van der Waals surface area contributed by atoms with Gasteiger partial charge in [0.05, 0.1) is 12.1 Å². The number of ketones is 1. The molecule has 0 radical (unpaired) electrons. The highest BCUT2D eigenvalue weighted by Crippen LogP contribution is 2.43. The van der Waals surface area contributed by atoms with Crippen LogP contribution in [0.5, 0.6) is 0 Å². The predicted molar refractivity (Wildman–Crippen MR) is 101 cm³/mol. The predicted octanol–water partition coefficient (Wildman–Crippen LogP) is 3.81. The average molecular weight is 402 g/mol. The lowest BCUT2D eigenvalue weighted by Gasteiger charge is -2.22. The molecule has 2 aromatic rings. The van der Waals surface area contributed by atoms with Crippen LogP contribution in [-0.4, -0.2) is 23.8 Å². The summed E-state index contributed by atoms with van der Waals surface area (Å²) in [6.45, 7) is 5.81. The molecule has 0 saturated heterocycles. The number of Topliss-reactive ketones (excluding diaryl/α,β-unsaturated/α-hetero) is 1. The van der Waals surface area contributed by atoms with Crippen LogP contribution in [0, 0.1) is 20.8 Å². The summed E-state index contributed by atoms with van der Waals surface area (Å²) in [6, 6.07) is 9.07. The average Bonchev–Trinajstić information content (AvgIpc) is 2.72. The third-order valence-corrected chi connectivity index (χ3v) is 5.47. The monoisotopic (exact) mass is 401 g/mol. The van der Waals surface area contributed by atoms with E-state index >= 15 is 0 Å². The van der Waals surface area contributed by atoms with E-state index in [1.54, 1.807) is 19.2 Å². The first-order valence-corrected chi connectivity index (χ1v) is 8.86. The fraction of sp³-hybridized carbons (Fsp3) is 0.300. The third kappa shape index (κ3) is 2.81. The summed E-state index contributed by atoms with van der Waals surface area (Å²) in [6.07, 6.45) is -0.275. The van der Waals surface area contributed by atoms with Crippen molar-refractivity contribution in [3.8, 4) is 0 Å². The summed E-state index contributed by atoms with van der Waals surface area (Å²) in [5.41, 5.74) is 2.78. The Hall–Kier alpha value is -1.98. The molecular weight excluding hydrogens is 382 g/mol. The molecule has 25 heavy (non-hydrogen) atoms. The van der Waals surface area contributed by atoms with Crippen LogP contribution in [0.15, 0.2) is 34.8 Å². The molecule has 0 aromatic heterocycles. The van der Waals surface area contributed by atoms with Gasteiger partial charge in [-0.3, -0.25) is 9.59 Å². The molecule has 1 heterocycles. The van der Waals surface area contributed by atoms with E-state index in [1.165, 1.54) is 4.90 Å². The Bertz CT molecular complexity index is 906. The number of fused-ring (bicyclic) bond motifs is 1. The first-order valence-electron chi connectivity index (χ1n) is 8.07. The second-order valence-electron chi connectivity index (χ2n) is 6.74. The molecule has 130 valence electrons. The van der Waals surface area contributed by atoms with Crippen LogP contribution >= 0.6 is 15.9 Å². The lowest BCUT2D eigenvalue weighted by Crippen LogP contribution is -2.40. The number of rotatable bonds is 3. The van der Waals surface area contributed by atoms with E-state index in [9.17, 15) is 14.7 Å². The molecule has 0 bridgehead atoms. The van der Waals surface area contributed by atoms with E-state index in [0.717, 1.165) is 21.2 Å². The summed E-state index contributed by atoms with van der Waals surface area (Å²) in [5, 5.41) is 11.1. The molecule has 1 atom stereocenters. The summed E-state index contributed by atoms with van der Waals surface area (Å²) in [5.74, 6) is -0.715. The van der Waals surface area contributed by atoms with E-state index in [4.69, 9.17) is 0 Å². The van der Waals surface area contributed by atoms with Gasteiger partial charge in [0.2, 0.25) is 0 Å². The van der Waals surface area contributed by atoms with Crippen molar-refractivity contribution in [3.63, 3.8) is 0 Å². The highest BCUT2D eigenvalue weighted by atomic mass is 79.9. The number of hydrogen-bond donors (Lipinski definition) is 1. The van der Waals surface area contributed by atoms with Gasteiger partial charge in [-0.25, -0.2) is 0 Å². The fourth-order valence-corrected chi connectivity index (χ4v) is 3.75. The number of hydrogen-bond acceptors (Lipinski definition) is 3. The standard InChI is InChI=1S/C20H20BrNO3/c1-11-7-13(3)15(8-12(11)2)18(23)10-20(25)16-9-14(21)5-6-17(16)22(4)19(20)24/h5-9,25H,10H2,1-4H3. The Morgan fingerprint density at radius 2 is 1.76 bits per heavy atom. The van der Waals surface area contributed by atoms with Crippen molar-refractivity contribution >= 4 is 33.3 Å². The van der Waals surface area contributed by atoms with Gasteiger partial charge in [-0.1, -0.05) is 22.0 Å². The maximum Gasteiger partial charge on any atom is 0.263 e. The summed E-state index contributed by atoms with van der Waals surface area (Å²) in [7, 11) is 1.61. The van der Waals surface area contributed by atoms with Crippen LogP contribution in [-0.2, 0) is 10.4 Å². The van der Waals surface area contributed by atoms with E-state index in [2.05, 4.69) is 15.9 Å². The molecule has 0 fully saturated rings. The number of likely N-dealkylation sites (N-methyl/N-ethyl adjacent to an activating group) is 1. The van der Waals surface area contributed by atoms with Crippen LogP contribution < -0.4 is 4.90 Å². The molecule has 0 aliphatic carbocycles. The molecule has 5 heteroatoms. The second-order valence-corrected chi connectivity index (χ2v) is 7.65. The number of halogens is 1. The zero-order valence-corrected chi connectivity index (χ0v) is 16.3. The van der Waals surface area contributed by atoms with Gasteiger partial charge in [0.1, 0.15) is 0 Å². The van der Waals surface area contributed by atoms with Crippen molar-refractivity contribution in [2.24, 2.45) is 0 Å². The van der Waals surface area contributed by atoms with Crippen molar-refractivity contribution < 1.29 is 14.7 Å². The van der Waals surface area contributed by atoms with Crippen molar-refractivity contribution in [1.82, 2.24) is 0 Å². The second kappa shape index (κ2) is 6.07. The van der Waals surface area contributed by atoms with Gasteiger partial charge >= 0.3 is 0 Å². The molecule has 0 spiro atoms. The quantitative estimate of drug-likeness (QED) is 0.795. The van der Waals surface area contributed by atoms with E-state index < -0.39 is 11.5 Å². The molecule has 2 aromatic carbocycles. The van der Waals surface area contributed by atoms with Crippen molar-refractivity contribution in [2.75, 3.05) is 11.9 Å². The van der Waals surface area contributed by atoms with Gasteiger partial charge in [0.15, 0.2) is 11.4 Å².